The summed E-state index contributed by atoms with van der Waals surface area (Å²) < 4.78 is 5.05. The van der Waals surface area contributed by atoms with Gasteiger partial charge in [0.2, 0.25) is 0 Å². The number of ether oxygens (including phenoxy) is 1. The van der Waals surface area contributed by atoms with Crippen LogP contribution >= 0.6 is 11.3 Å². The SMILES string of the molecule is COc1ccc(N2C(=O)NC(=O)C(=Cc3cccs3)C2=O)cc1. The molecule has 4 amide bonds. The molecule has 0 spiro atoms. The van der Waals surface area contributed by atoms with E-state index in [2.05, 4.69) is 5.32 Å². The van der Waals surface area contributed by atoms with E-state index in [1.54, 1.807) is 30.3 Å². The molecular formula is C16H12N2O4S. The molecule has 0 radical (unpaired) electrons. The molecule has 1 aromatic carbocycles. The molecule has 6 nitrogen and oxygen atoms in total. The molecule has 2 aromatic rings. The Morgan fingerprint density at radius 1 is 1.13 bits per heavy atom. The van der Waals surface area contributed by atoms with Crippen molar-refractivity contribution < 1.29 is 19.1 Å². The Bertz CT molecular complexity index is 794. The molecule has 0 saturated carbocycles. The minimum atomic E-state index is -0.770. The average Bonchev–Trinajstić information content (AvgIpc) is 3.05. The largest absolute Gasteiger partial charge is 0.497 e. The van der Waals surface area contributed by atoms with Gasteiger partial charge in [0.05, 0.1) is 12.8 Å². The average molecular weight is 328 g/mol. The Labute approximate surface area is 136 Å². The molecule has 0 atom stereocenters. The van der Waals surface area contributed by atoms with Gasteiger partial charge in [-0.3, -0.25) is 14.9 Å². The zero-order valence-corrected chi connectivity index (χ0v) is 12.9. The van der Waals surface area contributed by atoms with E-state index in [0.29, 0.717) is 11.4 Å². The van der Waals surface area contributed by atoms with Gasteiger partial charge in [-0.15, -0.1) is 11.3 Å². The Kier molecular flexibility index (Phi) is 3.94. The number of urea groups is 1. The number of hydrogen-bond acceptors (Lipinski definition) is 5. The highest BCUT2D eigenvalue weighted by atomic mass is 32.1. The van der Waals surface area contributed by atoms with Gasteiger partial charge in [-0.25, -0.2) is 9.69 Å². The molecule has 1 fully saturated rings. The van der Waals surface area contributed by atoms with Crippen LogP contribution in [0.4, 0.5) is 10.5 Å². The maximum Gasteiger partial charge on any atom is 0.335 e. The maximum atomic E-state index is 12.6. The molecule has 23 heavy (non-hydrogen) atoms. The number of nitrogens with one attached hydrogen (secondary N) is 1. The predicted octanol–water partition coefficient (Wildman–Crippen LogP) is 2.42. The van der Waals surface area contributed by atoms with Gasteiger partial charge in [0.1, 0.15) is 11.3 Å². The van der Waals surface area contributed by atoms with Crippen LogP contribution in [0.1, 0.15) is 4.88 Å². The first-order valence-electron chi connectivity index (χ1n) is 6.69. The topological polar surface area (TPSA) is 75.7 Å². The molecule has 1 saturated heterocycles. The lowest BCUT2D eigenvalue weighted by molar-refractivity contribution is -0.122. The van der Waals surface area contributed by atoms with Crippen molar-refractivity contribution in [3.8, 4) is 5.75 Å². The highest BCUT2D eigenvalue weighted by Crippen LogP contribution is 2.24. The van der Waals surface area contributed by atoms with E-state index in [1.807, 2.05) is 11.4 Å². The van der Waals surface area contributed by atoms with E-state index in [9.17, 15) is 14.4 Å². The summed E-state index contributed by atoms with van der Waals surface area (Å²) in [5.41, 5.74) is 0.278. The number of anilines is 1. The minimum Gasteiger partial charge on any atom is -0.497 e. The molecule has 1 aromatic heterocycles. The summed E-state index contributed by atoms with van der Waals surface area (Å²) >= 11 is 1.39. The van der Waals surface area contributed by atoms with E-state index >= 15 is 0 Å². The summed E-state index contributed by atoms with van der Waals surface area (Å²) in [6.45, 7) is 0. The molecular weight excluding hydrogens is 316 g/mol. The molecule has 116 valence electrons. The number of carbonyl (C=O) groups is 3. The number of imide groups is 2. The normalized spacial score (nSPS) is 16.7. The summed E-state index contributed by atoms with van der Waals surface area (Å²) in [7, 11) is 1.52. The van der Waals surface area contributed by atoms with Gasteiger partial charge in [0.25, 0.3) is 11.8 Å². The van der Waals surface area contributed by atoms with Crippen LogP contribution in [0, 0.1) is 0 Å². The van der Waals surface area contributed by atoms with Crippen LogP contribution in [0.15, 0.2) is 47.4 Å². The van der Waals surface area contributed by atoms with Crippen molar-refractivity contribution in [2.24, 2.45) is 0 Å². The highest BCUT2D eigenvalue weighted by molar-refractivity contribution is 7.10. The van der Waals surface area contributed by atoms with Crippen LogP contribution in [0.5, 0.6) is 5.75 Å². The van der Waals surface area contributed by atoms with E-state index < -0.39 is 17.8 Å². The highest BCUT2D eigenvalue weighted by Gasteiger charge is 2.36. The quantitative estimate of drug-likeness (QED) is 0.693. The Balaban J connectivity index is 1.98. The molecule has 0 unspecified atom stereocenters. The smallest absolute Gasteiger partial charge is 0.335 e. The molecule has 1 aliphatic rings. The second kappa shape index (κ2) is 6.05. The van der Waals surface area contributed by atoms with Crippen LogP contribution in [0.25, 0.3) is 6.08 Å². The Morgan fingerprint density at radius 3 is 2.48 bits per heavy atom. The lowest BCUT2D eigenvalue weighted by Gasteiger charge is -2.26. The van der Waals surface area contributed by atoms with Crippen LogP contribution in [-0.2, 0) is 9.59 Å². The van der Waals surface area contributed by atoms with Gasteiger partial charge < -0.3 is 4.74 Å². The van der Waals surface area contributed by atoms with Gasteiger partial charge >= 0.3 is 6.03 Å². The number of thiophene rings is 1. The molecule has 0 bridgehead atoms. The first kappa shape index (κ1) is 15.0. The third kappa shape index (κ3) is 2.86. The summed E-state index contributed by atoms with van der Waals surface area (Å²) in [5.74, 6) is -0.750. The third-order valence-electron chi connectivity index (χ3n) is 3.26. The fourth-order valence-corrected chi connectivity index (χ4v) is 2.80. The van der Waals surface area contributed by atoms with Gasteiger partial charge in [0, 0.05) is 4.88 Å². The summed E-state index contributed by atoms with van der Waals surface area (Å²) in [6.07, 6.45) is 1.48. The predicted molar refractivity (Wildman–Crippen MR) is 86.3 cm³/mol. The first-order chi connectivity index (χ1) is 11.1. The number of methoxy groups -OCH3 is 1. The van der Waals surface area contributed by atoms with Gasteiger partial charge in [-0.1, -0.05) is 6.07 Å². The third-order valence-corrected chi connectivity index (χ3v) is 4.08. The van der Waals surface area contributed by atoms with E-state index in [-0.39, 0.29) is 5.57 Å². The van der Waals surface area contributed by atoms with E-state index in [1.165, 1.54) is 24.5 Å². The molecule has 2 heterocycles. The molecule has 1 aliphatic heterocycles. The summed E-state index contributed by atoms with van der Waals surface area (Å²) in [4.78, 5) is 38.3. The van der Waals surface area contributed by atoms with E-state index in [0.717, 1.165) is 9.78 Å². The van der Waals surface area contributed by atoms with Crippen molar-refractivity contribution in [2.45, 2.75) is 0 Å². The number of amides is 4. The van der Waals surface area contributed by atoms with Crippen LogP contribution in [-0.4, -0.2) is 25.0 Å². The molecule has 1 N–H and O–H groups in total. The van der Waals surface area contributed by atoms with Crippen LogP contribution in [0.2, 0.25) is 0 Å². The lowest BCUT2D eigenvalue weighted by Crippen LogP contribution is -2.54. The van der Waals surface area contributed by atoms with Gasteiger partial charge in [-0.05, 0) is 41.8 Å². The standard InChI is InChI=1S/C16H12N2O4S/c1-22-11-6-4-10(5-7-11)18-15(20)13(14(19)17-16(18)21)9-12-3-2-8-23-12/h2-9H,1H3,(H,17,19,21). The first-order valence-corrected chi connectivity index (χ1v) is 7.57. The molecule has 3 rings (SSSR count). The number of carbonyl (C=O) groups excluding carboxylic acids is 3. The van der Waals surface area contributed by atoms with Crippen molar-refractivity contribution in [2.75, 3.05) is 12.0 Å². The van der Waals surface area contributed by atoms with Crippen LogP contribution in [0.3, 0.4) is 0 Å². The number of benzene rings is 1. The second-order valence-electron chi connectivity index (χ2n) is 4.67. The zero-order chi connectivity index (χ0) is 16.4. The van der Waals surface area contributed by atoms with Gasteiger partial charge in [0.15, 0.2) is 0 Å². The maximum absolute atomic E-state index is 12.6. The number of nitrogens with zero attached hydrogens (tertiary/aromatic N) is 1. The number of barbiturate groups is 1. The Morgan fingerprint density at radius 2 is 1.87 bits per heavy atom. The summed E-state index contributed by atoms with van der Waals surface area (Å²) in [6, 6.07) is 9.25. The lowest BCUT2D eigenvalue weighted by atomic mass is 10.1. The van der Waals surface area contributed by atoms with Crippen molar-refractivity contribution in [1.82, 2.24) is 5.32 Å². The number of hydrogen-bond donors (Lipinski definition) is 1. The van der Waals surface area contributed by atoms with Crippen molar-refractivity contribution >= 4 is 40.9 Å². The summed E-state index contributed by atoms with van der Waals surface area (Å²) in [5, 5.41) is 4.02. The minimum absolute atomic E-state index is 0.0807. The van der Waals surface area contributed by atoms with E-state index in [4.69, 9.17) is 4.74 Å². The Hall–Kier alpha value is -2.93. The van der Waals surface area contributed by atoms with Crippen molar-refractivity contribution in [1.29, 1.82) is 0 Å². The monoisotopic (exact) mass is 328 g/mol. The number of rotatable bonds is 3. The van der Waals surface area contributed by atoms with Crippen molar-refractivity contribution in [3.63, 3.8) is 0 Å². The van der Waals surface area contributed by atoms with Gasteiger partial charge in [-0.2, -0.15) is 0 Å². The fraction of sp³-hybridized carbons (Fsp3) is 0.0625. The second-order valence-corrected chi connectivity index (χ2v) is 5.65. The molecule has 0 aliphatic carbocycles. The fourth-order valence-electron chi connectivity index (χ4n) is 2.14. The molecule has 7 heteroatoms. The van der Waals surface area contributed by atoms with Crippen molar-refractivity contribution in [3.05, 3.63) is 52.2 Å². The zero-order valence-electron chi connectivity index (χ0n) is 12.1. The van der Waals surface area contributed by atoms with Crippen LogP contribution < -0.4 is 15.0 Å².